The van der Waals surface area contributed by atoms with Gasteiger partial charge < -0.3 is 9.84 Å². The molecule has 0 aromatic heterocycles. The predicted octanol–water partition coefficient (Wildman–Crippen LogP) is 2.40. The summed E-state index contributed by atoms with van der Waals surface area (Å²) in [5.41, 5.74) is 0. The van der Waals surface area contributed by atoms with Gasteiger partial charge in [0.2, 0.25) is 10.0 Å². The molecule has 7 heteroatoms. The first-order chi connectivity index (χ1) is 10.4. The first-order valence-electron chi connectivity index (χ1n) is 7.38. The van der Waals surface area contributed by atoms with Gasteiger partial charge in [-0.3, -0.25) is 4.79 Å². The lowest BCUT2D eigenvalue weighted by Crippen LogP contribution is -2.40. The molecule has 0 spiro atoms. The highest BCUT2D eigenvalue weighted by molar-refractivity contribution is 7.89. The fourth-order valence-electron chi connectivity index (χ4n) is 1.83. The van der Waals surface area contributed by atoms with Crippen molar-refractivity contribution >= 4 is 16.0 Å². The fourth-order valence-corrected chi connectivity index (χ4v) is 3.06. The lowest BCUT2D eigenvalue weighted by molar-refractivity contribution is -0.139. The number of sulfonamides is 1. The minimum absolute atomic E-state index is 0.0269. The average molecular weight is 329 g/mol. The molecule has 124 valence electrons. The molecule has 22 heavy (non-hydrogen) atoms. The zero-order valence-corrected chi connectivity index (χ0v) is 13.7. The van der Waals surface area contributed by atoms with E-state index in [9.17, 15) is 13.2 Å². The van der Waals surface area contributed by atoms with Crippen LogP contribution >= 0.6 is 0 Å². The van der Waals surface area contributed by atoms with Crippen LogP contribution in [0.15, 0.2) is 29.2 Å². The monoisotopic (exact) mass is 329 g/mol. The maximum Gasteiger partial charge on any atom is 0.321 e. The van der Waals surface area contributed by atoms with Gasteiger partial charge >= 0.3 is 5.97 Å². The Labute approximate surface area is 131 Å². The average Bonchev–Trinajstić information content (AvgIpc) is 2.49. The molecule has 0 fully saturated rings. The molecule has 0 heterocycles. The van der Waals surface area contributed by atoms with E-state index in [4.69, 9.17) is 9.84 Å². The lowest BCUT2D eigenvalue weighted by atomic mass is 10.1. The van der Waals surface area contributed by atoms with Crippen LogP contribution in [-0.4, -0.2) is 32.1 Å². The molecule has 2 N–H and O–H groups in total. The minimum atomic E-state index is -3.86. The second-order valence-corrected chi connectivity index (χ2v) is 6.69. The van der Waals surface area contributed by atoms with E-state index in [1.807, 2.05) is 13.8 Å². The maximum atomic E-state index is 12.2. The van der Waals surface area contributed by atoms with Crippen LogP contribution in [0.3, 0.4) is 0 Å². The number of hydrogen-bond acceptors (Lipinski definition) is 4. The first kappa shape index (κ1) is 18.4. The SMILES string of the molecule is CCCC[C@H](NS(=O)(=O)c1ccc(OCCC)cc1)C(=O)O. The Hall–Kier alpha value is -1.60. The first-order valence-corrected chi connectivity index (χ1v) is 8.87. The van der Waals surface area contributed by atoms with Crippen LogP contribution in [0, 0.1) is 0 Å². The smallest absolute Gasteiger partial charge is 0.321 e. The van der Waals surface area contributed by atoms with E-state index in [0.717, 1.165) is 12.8 Å². The topological polar surface area (TPSA) is 92.7 Å². The van der Waals surface area contributed by atoms with E-state index in [2.05, 4.69) is 4.72 Å². The summed E-state index contributed by atoms with van der Waals surface area (Å²) in [7, 11) is -3.86. The highest BCUT2D eigenvalue weighted by atomic mass is 32.2. The van der Waals surface area contributed by atoms with E-state index >= 15 is 0 Å². The normalized spacial score (nSPS) is 12.8. The molecule has 1 rings (SSSR count). The molecule has 0 aliphatic carbocycles. The van der Waals surface area contributed by atoms with Crippen molar-refractivity contribution < 1.29 is 23.1 Å². The van der Waals surface area contributed by atoms with Gasteiger partial charge in [0.15, 0.2) is 0 Å². The Morgan fingerprint density at radius 1 is 1.23 bits per heavy atom. The van der Waals surface area contributed by atoms with Crippen LogP contribution in [0.5, 0.6) is 5.75 Å². The molecule has 1 aromatic rings. The number of carbonyl (C=O) groups is 1. The minimum Gasteiger partial charge on any atom is -0.494 e. The van der Waals surface area contributed by atoms with E-state index in [1.165, 1.54) is 12.1 Å². The summed E-state index contributed by atoms with van der Waals surface area (Å²) < 4.78 is 32.1. The molecule has 6 nitrogen and oxygen atoms in total. The molecule has 1 atom stereocenters. The molecule has 0 aliphatic rings. The van der Waals surface area contributed by atoms with Gasteiger partial charge in [-0.05, 0) is 37.1 Å². The molecule has 0 unspecified atom stereocenters. The standard InChI is InChI=1S/C15H23NO5S/c1-3-5-6-14(15(17)18)16-22(19,20)13-9-7-12(8-10-13)21-11-4-2/h7-10,14,16H,3-6,11H2,1-2H3,(H,17,18)/t14-/m0/s1. The predicted molar refractivity (Wildman–Crippen MR) is 83.5 cm³/mol. The van der Waals surface area contributed by atoms with E-state index in [1.54, 1.807) is 12.1 Å². The Morgan fingerprint density at radius 2 is 1.86 bits per heavy atom. The second kappa shape index (κ2) is 8.75. The molecule has 0 saturated carbocycles. The Balaban J connectivity index is 2.81. The summed E-state index contributed by atoms with van der Waals surface area (Å²) in [6.45, 7) is 4.45. The number of carboxylic acid groups (broad SMARTS) is 1. The van der Waals surface area contributed by atoms with Crippen molar-refractivity contribution in [1.29, 1.82) is 0 Å². The third-order valence-electron chi connectivity index (χ3n) is 3.05. The molecule has 0 amide bonds. The third kappa shape index (κ3) is 5.65. The summed E-state index contributed by atoms with van der Waals surface area (Å²) in [6, 6.07) is 4.83. The van der Waals surface area contributed by atoms with Gasteiger partial charge in [-0.25, -0.2) is 8.42 Å². The van der Waals surface area contributed by atoms with Crippen LogP contribution in [0.4, 0.5) is 0 Å². The Kier molecular flexibility index (Phi) is 7.34. The van der Waals surface area contributed by atoms with Crippen molar-refractivity contribution in [2.45, 2.75) is 50.5 Å². The molecular weight excluding hydrogens is 306 g/mol. The second-order valence-electron chi connectivity index (χ2n) is 4.97. The van der Waals surface area contributed by atoms with Gasteiger partial charge in [0.25, 0.3) is 0 Å². The van der Waals surface area contributed by atoms with Crippen molar-refractivity contribution in [2.24, 2.45) is 0 Å². The van der Waals surface area contributed by atoms with Gasteiger partial charge in [-0.15, -0.1) is 0 Å². The molecule has 0 aliphatic heterocycles. The van der Waals surface area contributed by atoms with Gasteiger partial charge in [0.1, 0.15) is 11.8 Å². The highest BCUT2D eigenvalue weighted by Gasteiger charge is 2.24. The maximum absolute atomic E-state index is 12.2. The number of hydrogen-bond donors (Lipinski definition) is 2. The molecular formula is C15H23NO5S. The van der Waals surface area contributed by atoms with Crippen molar-refractivity contribution in [3.05, 3.63) is 24.3 Å². The number of benzene rings is 1. The number of carboxylic acids is 1. The zero-order valence-electron chi connectivity index (χ0n) is 12.9. The Morgan fingerprint density at radius 3 is 2.36 bits per heavy atom. The number of unbranched alkanes of at least 4 members (excludes halogenated alkanes) is 1. The van der Waals surface area contributed by atoms with E-state index in [-0.39, 0.29) is 11.3 Å². The number of ether oxygens (including phenoxy) is 1. The summed E-state index contributed by atoms with van der Waals surface area (Å²) in [6.07, 6.45) is 2.57. The zero-order chi connectivity index (χ0) is 16.6. The number of rotatable bonds is 10. The van der Waals surface area contributed by atoms with Crippen LogP contribution < -0.4 is 9.46 Å². The van der Waals surface area contributed by atoms with Crippen molar-refractivity contribution in [2.75, 3.05) is 6.61 Å². The third-order valence-corrected chi connectivity index (χ3v) is 4.54. The summed E-state index contributed by atoms with van der Waals surface area (Å²) in [5.74, 6) is -0.582. The van der Waals surface area contributed by atoms with Crippen LogP contribution in [0.1, 0.15) is 39.5 Å². The largest absolute Gasteiger partial charge is 0.494 e. The molecule has 0 bridgehead atoms. The van der Waals surface area contributed by atoms with Crippen molar-refractivity contribution in [1.82, 2.24) is 4.72 Å². The summed E-state index contributed by atoms with van der Waals surface area (Å²) >= 11 is 0. The van der Waals surface area contributed by atoms with E-state index in [0.29, 0.717) is 18.8 Å². The highest BCUT2D eigenvalue weighted by Crippen LogP contribution is 2.17. The van der Waals surface area contributed by atoms with Crippen LogP contribution in [-0.2, 0) is 14.8 Å². The van der Waals surface area contributed by atoms with Gasteiger partial charge in [-0.2, -0.15) is 4.72 Å². The summed E-state index contributed by atoms with van der Waals surface area (Å²) in [4.78, 5) is 11.2. The number of nitrogens with one attached hydrogen (secondary N) is 1. The van der Waals surface area contributed by atoms with Gasteiger partial charge in [0, 0.05) is 0 Å². The van der Waals surface area contributed by atoms with Crippen LogP contribution in [0.25, 0.3) is 0 Å². The number of aliphatic carboxylic acids is 1. The fraction of sp³-hybridized carbons (Fsp3) is 0.533. The molecule has 1 aromatic carbocycles. The van der Waals surface area contributed by atoms with Crippen LogP contribution in [0.2, 0.25) is 0 Å². The lowest BCUT2D eigenvalue weighted by Gasteiger charge is -2.14. The van der Waals surface area contributed by atoms with Gasteiger partial charge in [-0.1, -0.05) is 26.7 Å². The van der Waals surface area contributed by atoms with Crippen molar-refractivity contribution in [3.8, 4) is 5.75 Å². The quantitative estimate of drug-likeness (QED) is 0.687. The molecule has 0 saturated heterocycles. The van der Waals surface area contributed by atoms with Crippen molar-refractivity contribution in [3.63, 3.8) is 0 Å². The summed E-state index contributed by atoms with van der Waals surface area (Å²) in [5, 5.41) is 9.10. The molecule has 0 radical (unpaired) electrons. The Bertz CT molecular complexity index is 568. The van der Waals surface area contributed by atoms with E-state index < -0.39 is 22.0 Å². The van der Waals surface area contributed by atoms with Gasteiger partial charge in [0.05, 0.1) is 11.5 Å².